The third-order valence-electron chi connectivity index (χ3n) is 8.94. The van der Waals surface area contributed by atoms with Gasteiger partial charge in [-0.1, -0.05) is 55.7 Å². The number of hydrogen-bond acceptors (Lipinski definition) is 8. The summed E-state index contributed by atoms with van der Waals surface area (Å²) in [5, 5.41) is 19.9. The van der Waals surface area contributed by atoms with Gasteiger partial charge >= 0.3 is 11.9 Å². The lowest BCUT2D eigenvalue weighted by atomic mass is 9.81. The second-order valence-corrected chi connectivity index (χ2v) is 16.1. The fourth-order valence-corrected chi connectivity index (χ4v) is 8.96. The number of carboxylic acid groups (broad SMARTS) is 2. The molecule has 0 heterocycles. The van der Waals surface area contributed by atoms with Gasteiger partial charge in [-0.2, -0.15) is 0 Å². The largest absolute Gasteiger partial charge is 0.497 e. The Labute approximate surface area is 301 Å². The van der Waals surface area contributed by atoms with Crippen LogP contribution in [0.15, 0.2) is 119 Å². The van der Waals surface area contributed by atoms with Gasteiger partial charge in [-0.05, 0) is 90.7 Å². The van der Waals surface area contributed by atoms with E-state index in [1.54, 1.807) is 12.1 Å². The summed E-state index contributed by atoms with van der Waals surface area (Å²) in [7, 11) is -7.56. The van der Waals surface area contributed by atoms with Gasteiger partial charge in [-0.15, -0.1) is 0 Å². The minimum atomic E-state index is -4.52. The molecule has 6 rings (SSSR count). The molecule has 5 aromatic rings. The molecule has 270 valence electrons. The standard InChI is InChI=1S/C38H36N2O10S2/c1-49-28-13-17-31(18-14-28)51(45,46)39(24-37(41)42)35-21-22-36(34-8-3-2-7-33(34)35)40(25-38(43)44)52(47,48)32-19-15-30(16-20-32)50-29-11-9-27(10-12-29)23-26-5-4-6-26/h2-3,7-22,26H,4-6,23-25H2,1H3,(H,41,42)(H,43,44). The molecule has 0 atom stereocenters. The summed E-state index contributed by atoms with van der Waals surface area (Å²) in [6, 6.07) is 27.4. The highest BCUT2D eigenvalue weighted by atomic mass is 32.2. The summed E-state index contributed by atoms with van der Waals surface area (Å²) in [4.78, 5) is 23.7. The second kappa shape index (κ2) is 14.9. The van der Waals surface area contributed by atoms with Gasteiger partial charge in [0.15, 0.2) is 0 Å². The Balaban J connectivity index is 1.34. The van der Waals surface area contributed by atoms with Crippen LogP contribution in [0.2, 0.25) is 0 Å². The van der Waals surface area contributed by atoms with Crippen molar-refractivity contribution in [1.82, 2.24) is 0 Å². The molecule has 0 amide bonds. The molecule has 14 heteroatoms. The fourth-order valence-electron chi connectivity index (χ4n) is 6.09. The zero-order valence-corrected chi connectivity index (χ0v) is 29.7. The number of benzene rings is 5. The minimum Gasteiger partial charge on any atom is -0.497 e. The maximum absolute atomic E-state index is 14.1. The van der Waals surface area contributed by atoms with E-state index < -0.39 is 45.1 Å². The monoisotopic (exact) mass is 744 g/mol. The van der Waals surface area contributed by atoms with Crippen LogP contribution in [-0.2, 0) is 36.1 Å². The van der Waals surface area contributed by atoms with E-state index in [1.807, 2.05) is 24.3 Å². The van der Waals surface area contributed by atoms with Crippen molar-refractivity contribution >= 4 is 54.1 Å². The van der Waals surface area contributed by atoms with Gasteiger partial charge < -0.3 is 19.7 Å². The molecule has 5 aromatic carbocycles. The molecular formula is C38H36N2O10S2. The maximum atomic E-state index is 14.1. The molecule has 0 aliphatic heterocycles. The van der Waals surface area contributed by atoms with E-state index in [9.17, 15) is 36.6 Å². The third-order valence-corrected chi connectivity index (χ3v) is 12.5. The van der Waals surface area contributed by atoms with Crippen molar-refractivity contribution in [1.29, 1.82) is 0 Å². The third kappa shape index (κ3) is 7.67. The van der Waals surface area contributed by atoms with Crippen LogP contribution >= 0.6 is 0 Å². The van der Waals surface area contributed by atoms with E-state index in [0.29, 0.717) is 21.6 Å². The lowest BCUT2D eigenvalue weighted by molar-refractivity contribution is -0.136. The maximum Gasteiger partial charge on any atom is 0.324 e. The van der Waals surface area contributed by atoms with Crippen molar-refractivity contribution in [3.63, 3.8) is 0 Å². The number of anilines is 2. The van der Waals surface area contributed by atoms with Crippen LogP contribution in [0.25, 0.3) is 10.8 Å². The number of carbonyl (C=O) groups is 2. The molecule has 52 heavy (non-hydrogen) atoms. The molecule has 1 aliphatic rings. The van der Waals surface area contributed by atoms with Crippen molar-refractivity contribution in [2.45, 2.75) is 35.5 Å². The molecule has 0 radical (unpaired) electrons. The van der Waals surface area contributed by atoms with Crippen LogP contribution in [0.3, 0.4) is 0 Å². The molecule has 1 saturated carbocycles. The van der Waals surface area contributed by atoms with E-state index in [1.165, 1.54) is 105 Å². The lowest BCUT2D eigenvalue weighted by Crippen LogP contribution is -2.37. The first kappa shape index (κ1) is 36.2. The predicted octanol–water partition coefficient (Wildman–Crippen LogP) is 6.54. The van der Waals surface area contributed by atoms with Crippen molar-refractivity contribution in [3.8, 4) is 17.2 Å². The Morgan fingerprint density at radius 1 is 0.635 bits per heavy atom. The average Bonchev–Trinajstić information content (AvgIpc) is 3.11. The zero-order chi connectivity index (χ0) is 37.0. The number of fused-ring (bicyclic) bond motifs is 1. The fraction of sp³-hybridized carbons (Fsp3) is 0.211. The smallest absolute Gasteiger partial charge is 0.324 e. The summed E-state index contributed by atoms with van der Waals surface area (Å²) in [5.41, 5.74) is 1.12. The summed E-state index contributed by atoms with van der Waals surface area (Å²) < 4.78 is 68.5. The first-order chi connectivity index (χ1) is 24.9. The summed E-state index contributed by atoms with van der Waals surface area (Å²) in [6.07, 6.45) is 4.81. The van der Waals surface area contributed by atoms with E-state index in [-0.39, 0.29) is 31.9 Å². The highest BCUT2D eigenvalue weighted by Crippen LogP contribution is 2.39. The lowest BCUT2D eigenvalue weighted by Gasteiger charge is -2.28. The number of nitrogens with zero attached hydrogens (tertiary/aromatic N) is 2. The van der Waals surface area contributed by atoms with Gasteiger partial charge in [0.05, 0.1) is 28.3 Å². The van der Waals surface area contributed by atoms with E-state index in [2.05, 4.69) is 0 Å². The minimum absolute atomic E-state index is 0.0530. The average molecular weight is 745 g/mol. The van der Waals surface area contributed by atoms with Crippen LogP contribution in [0.1, 0.15) is 24.8 Å². The van der Waals surface area contributed by atoms with Gasteiger partial charge in [0.2, 0.25) is 0 Å². The van der Waals surface area contributed by atoms with Crippen LogP contribution < -0.4 is 18.1 Å². The quantitative estimate of drug-likeness (QED) is 0.120. The first-order valence-electron chi connectivity index (χ1n) is 16.4. The highest BCUT2D eigenvalue weighted by molar-refractivity contribution is 7.93. The summed E-state index contributed by atoms with van der Waals surface area (Å²) in [6.45, 7) is -1.91. The number of hydrogen-bond donors (Lipinski definition) is 2. The van der Waals surface area contributed by atoms with Crippen LogP contribution in [0.5, 0.6) is 17.2 Å². The molecule has 2 N–H and O–H groups in total. The summed E-state index contributed by atoms with van der Waals surface area (Å²) in [5.74, 6) is -0.796. The Kier molecular flexibility index (Phi) is 10.4. The normalized spacial score (nSPS) is 13.2. The molecule has 1 aliphatic carbocycles. The Bertz CT molecular complexity index is 2310. The van der Waals surface area contributed by atoms with Gasteiger partial charge in [-0.25, -0.2) is 16.8 Å². The second-order valence-electron chi connectivity index (χ2n) is 12.4. The molecule has 0 bridgehead atoms. The van der Waals surface area contributed by atoms with Crippen molar-refractivity contribution in [2.75, 3.05) is 28.8 Å². The number of sulfonamides is 2. The molecule has 1 fully saturated rings. The molecule has 0 spiro atoms. The van der Waals surface area contributed by atoms with Crippen molar-refractivity contribution < 1.29 is 46.1 Å². The summed E-state index contributed by atoms with van der Waals surface area (Å²) >= 11 is 0. The predicted molar refractivity (Wildman–Crippen MR) is 195 cm³/mol. The zero-order valence-electron chi connectivity index (χ0n) is 28.1. The number of aliphatic carboxylic acids is 2. The van der Waals surface area contributed by atoms with Crippen LogP contribution in [0, 0.1) is 5.92 Å². The SMILES string of the molecule is COc1ccc(S(=O)(=O)N(CC(=O)O)c2ccc(N(CC(=O)O)S(=O)(=O)c3ccc(Oc4ccc(CC5CCC5)cc4)cc3)c3ccccc23)cc1. The van der Waals surface area contributed by atoms with Gasteiger partial charge in [0, 0.05) is 10.8 Å². The van der Waals surface area contributed by atoms with Crippen molar-refractivity contribution in [3.05, 3.63) is 115 Å². The Hall–Kier alpha value is -5.60. The number of rotatable bonds is 15. The van der Waals surface area contributed by atoms with E-state index in [0.717, 1.165) is 16.6 Å². The van der Waals surface area contributed by atoms with Crippen LogP contribution in [0.4, 0.5) is 11.4 Å². The van der Waals surface area contributed by atoms with E-state index >= 15 is 0 Å². The topological polar surface area (TPSA) is 168 Å². The van der Waals surface area contributed by atoms with Crippen molar-refractivity contribution in [2.24, 2.45) is 5.92 Å². The van der Waals surface area contributed by atoms with E-state index in [4.69, 9.17) is 9.47 Å². The Morgan fingerprint density at radius 3 is 1.44 bits per heavy atom. The van der Waals surface area contributed by atoms with Gasteiger partial charge in [0.25, 0.3) is 20.0 Å². The molecule has 0 aromatic heterocycles. The molecule has 0 saturated heterocycles. The van der Waals surface area contributed by atoms with Crippen LogP contribution in [-0.4, -0.2) is 59.2 Å². The number of ether oxygens (including phenoxy) is 2. The van der Waals surface area contributed by atoms with Gasteiger partial charge in [-0.3, -0.25) is 18.2 Å². The molecule has 0 unspecified atom stereocenters. The number of carboxylic acids is 2. The number of methoxy groups -OCH3 is 1. The Morgan fingerprint density at radius 2 is 1.06 bits per heavy atom. The van der Waals surface area contributed by atoms with Gasteiger partial charge in [0.1, 0.15) is 30.3 Å². The highest BCUT2D eigenvalue weighted by Gasteiger charge is 2.32. The molecular weight excluding hydrogens is 709 g/mol. The molecule has 12 nitrogen and oxygen atoms in total. The first-order valence-corrected chi connectivity index (χ1v) is 19.3.